The highest BCUT2D eigenvalue weighted by atomic mass is 16.3. The molecule has 0 saturated heterocycles. The van der Waals surface area contributed by atoms with Gasteiger partial charge in [-0.05, 0) is 17.4 Å². The summed E-state index contributed by atoms with van der Waals surface area (Å²) >= 11 is 0. The molecule has 98 valence electrons. The minimum absolute atomic E-state index is 0.184. The number of aliphatic hydroxyl groups is 1. The fourth-order valence-corrected chi connectivity index (χ4v) is 4.04. The topological polar surface area (TPSA) is 38.1 Å². The zero-order valence-electron chi connectivity index (χ0n) is 11.2. The van der Waals surface area contributed by atoms with Crippen LogP contribution in [-0.4, -0.2) is 20.8 Å². The highest BCUT2D eigenvalue weighted by Crippen LogP contribution is 2.56. The summed E-state index contributed by atoms with van der Waals surface area (Å²) in [5.74, 6) is 0.268. The SMILES string of the molecule is CC1(C)C[C@H](O)[C@H]1[C@@H]1c2ccccc2-c2cncn21. The zero-order chi connectivity index (χ0) is 13.2. The summed E-state index contributed by atoms with van der Waals surface area (Å²) in [5.41, 5.74) is 3.95. The van der Waals surface area contributed by atoms with Crippen LogP contribution in [0.1, 0.15) is 31.9 Å². The van der Waals surface area contributed by atoms with Gasteiger partial charge in [0.05, 0.1) is 30.4 Å². The molecule has 3 heteroatoms. The van der Waals surface area contributed by atoms with Crippen molar-refractivity contribution < 1.29 is 5.11 Å². The maximum Gasteiger partial charge on any atom is 0.0956 e. The lowest BCUT2D eigenvalue weighted by atomic mass is 9.57. The van der Waals surface area contributed by atoms with Crippen LogP contribution in [0.4, 0.5) is 0 Å². The normalized spacial score (nSPS) is 30.6. The lowest BCUT2D eigenvalue weighted by Gasteiger charge is -2.52. The van der Waals surface area contributed by atoms with E-state index in [1.807, 2.05) is 12.5 Å². The summed E-state index contributed by atoms with van der Waals surface area (Å²) in [5, 5.41) is 10.3. The van der Waals surface area contributed by atoms with Gasteiger partial charge in [-0.15, -0.1) is 0 Å². The number of hydrogen-bond acceptors (Lipinski definition) is 2. The Bertz CT molecular complexity index is 644. The predicted molar refractivity (Wildman–Crippen MR) is 73.7 cm³/mol. The monoisotopic (exact) mass is 254 g/mol. The van der Waals surface area contributed by atoms with Gasteiger partial charge in [-0.25, -0.2) is 4.98 Å². The molecule has 2 heterocycles. The molecular weight excluding hydrogens is 236 g/mol. The summed E-state index contributed by atoms with van der Waals surface area (Å²) in [4.78, 5) is 4.29. The first-order valence-corrected chi connectivity index (χ1v) is 6.89. The number of nitrogens with zero attached hydrogens (tertiary/aromatic N) is 2. The molecule has 0 spiro atoms. The molecular formula is C16H18N2O. The Labute approximate surface area is 112 Å². The highest BCUT2D eigenvalue weighted by Gasteiger charge is 2.53. The van der Waals surface area contributed by atoms with Crippen LogP contribution in [0.15, 0.2) is 36.8 Å². The van der Waals surface area contributed by atoms with E-state index in [0.717, 1.165) is 6.42 Å². The van der Waals surface area contributed by atoms with Crippen molar-refractivity contribution in [2.45, 2.75) is 32.4 Å². The van der Waals surface area contributed by atoms with Crippen molar-refractivity contribution in [3.8, 4) is 11.3 Å². The van der Waals surface area contributed by atoms with Crippen molar-refractivity contribution in [2.24, 2.45) is 11.3 Å². The first-order valence-electron chi connectivity index (χ1n) is 6.89. The Morgan fingerprint density at radius 1 is 1.32 bits per heavy atom. The summed E-state index contributed by atoms with van der Waals surface area (Å²) in [6, 6.07) is 8.73. The maximum atomic E-state index is 10.3. The molecule has 19 heavy (non-hydrogen) atoms. The molecule has 1 aliphatic carbocycles. The quantitative estimate of drug-likeness (QED) is 0.849. The van der Waals surface area contributed by atoms with Crippen LogP contribution < -0.4 is 0 Å². The number of aromatic nitrogens is 2. The zero-order valence-corrected chi connectivity index (χ0v) is 11.2. The lowest BCUT2D eigenvalue weighted by Crippen LogP contribution is -2.51. The standard InChI is InChI=1S/C16H18N2O/c1-16(2)7-13(19)14(16)15-11-6-4-3-5-10(11)12-8-17-9-18(12)15/h3-6,8-9,13-15,19H,7H2,1-2H3/t13-,14-,15-/m0/s1. The van der Waals surface area contributed by atoms with Crippen LogP contribution in [0.5, 0.6) is 0 Å². The van der Waals surface area contributed by atoms with Crippen molar-refractivity contribution in [2.75, 3.05) is 0 Å². The molecule has 0 amide bonds. The van der Waals surface area contributed by atoms with Crippen LogP contribution in [0.2, 0.25) is 0 Å². The van der Waals surface area contributed by atoms with Crippen LogP contribution in [-0.2, 0) is 0 Å². The van der Waals surface area contributed by atoms with E-state index in [2.05, 4.69) is 47.7 Å². The molecule has 1 aromatic carbocycles. The third kappa shape index (κ3) is 1.34. The van der Waals surface area contributed by atoms with Gasteiger partial charge in [0.1, 0.15) is 0 Å². The van der Waals surface area contributed by atoms with E-state index in [1.54, 1.807) is 0 Å². The molecule has 4 rings (SSSR count). The van der Waals surface area contributed by atoms with Crippen LogP contribution >= 0.6 is 0 Å². The van der Waals surface area contributed by atoms with Gasteiger partial charge in [0.25, 0.3) is 0 Å². The summed E-state index contributed by atoms with van der Waals surface area (Å²) < 4.78 is 2.24. The van der Waals surface area contributed by atoms with Gasteiger partial charge in [-0.1, -0.05) is 38.1 Å². The van der Waals surface area contributed by atoms with Crippen molar-refractivity contribution in [1.29, 1.82) is 0 Å². The fourth-order valence-electron chi connectivity index (χ4n) is 4.04. The molecule has 1 aliphatic heterocycles. The number of rotatable bonds is 1. The van der Waals surface area contributed by atoms with Gasteiger partial charge < -0.3 is 9.67 Å². The fraction of sp³-hybridized carbons (Fsp3) is 0.438. The molecule has 0 unspecified atom stereocenters. The Balaban J connectivity index is 1.90. The average molecular weight is 254 g/mol. The van der Waals surface area contributed by atoms with Crippen LogP contribution in [0.3, 0.4) is 0 Å². The average Bonchev–Trinajstić information content (AvgIpc) is 2.92. The summed E-state index contributed by atoms with van der Waals surface area (Å²) in [6.07, 6.45) is 4.51. The van der Waals surface area contributed by atoms with E-state index in [4.69, 9.17) is 0 Å². The molecule has 0 radical (unpaired) electrons. The maximum absolute atomic E-state index is 10.3. The van der Waals surface area contributed by atoms with Gasteiger partial charge in [0.2, 0.25) is 0 Å². The Morgan fingerprint density at radius 3 is 2.84 bits per heavy atom. The van der Waals surface area contributed by atoms with Crippen molar-refractivity contribution in [1.82, 2.24) is 9.55 Å². The largest absolute Gasteiger partial charge is 0.393 e. The minimum atomic E-state index is -0.207. The van der Waals surface area contributed by atoms with Gasteiger partial charge in [0.15, 0.2) is 0 Å². The molecule has 1 fully saturated rings. The van der Waals surface area contributed by atoms with E-state index in [0.29, 0.717) is 0 Å². The highest BCUT2D eigenvalue weighted by molar-refractivity contribution is 5.69. The Hall–Kier alpha value is -1.61. The van der Waals surface area contributed by atoms with E-state index in [9.17, 15) is 5.11 Å². The van der Waals surface area contributed by atoms with E-state index < -0.39 is 0 Å². The number of hydrogen-bond donors (Lipinski definition) is 1. The number of imidazole rings is 1. The van der Waals surface area contributed by atoms with Gasteiger partial charge in [0, 0.05) is 11.5 Å². The number of fused-ring (bicyclic) bond motifs is 3. The molecule has 1 aromatic heterocycles. The van der Waals surface area contributed by atoms with Gasteiger partial charge in [-0.3, -0.25) is 0 Å². The van der Waals surface area contributed by atoms with Crippen LogP contribution in [0, 0.1) is 11.3 Å². The molecule has 2 aliphatic rings. The third-order valence-corrected chi connectivity index (χ3v) is 4.91. The molecule has 2 aromatic rings. The Morgan fingerprint density at radius 2 is 2.11 bits per heavy atom. The van der Waals surface area contributed by atoms with Crippen molar-refractivity contribution in [3.63, 3.8) is 0 Å². The van der Waals surface area contributed by atoms with Crippen LogP contribution in [0.25, 0.3) is 11.3 Å². The minimum Gasteiger partial charge on any atom is -0.393 e. The van der Waals surface area contributed by atoms with E-state index in [-0.39, 0.29) is 23.5 Å². The van der Waals surface area contributed by atoms with Crippen molar-refractivity contribution >= 4 is 0 Å². The number of benzene rings is 1. The number of aliphatic hydroxyl groups excluding tert-OH is 1. The molecule has 1 N–H and O–H groups in total. The molecule has 3 atom stereocenters. The lowest BCUT2D eigenvalue weighted by molar-refractivity contribution is -0.103. The second-order valence-corrected chi connectivity index (χ2v) is 6.50. The molecule has 0 bridgehead atoms. The summed E-state index contributed by atoms with van der Waals surface area (Å²) in [6.45, 7) is 4.50. The van der Waals surface area contributed by atoms with E-state index >= 15 is 0 Å². The second-order valence-electron chi connectivity index (χ2n) is 6.50. The van der Waals surface area contributed by atoms with E-state index in [1.165, 1.54) is 16.8 Å². The third-order valence-electron chi connectivity index (χ3n) is 4.91. The second kappa shape index (κ2) is 3.48. The first-order chi connectivity index (χ1) is 9.09. The smallest absolute Gasteiger partial charge is 0.0956 e. The van der Waals surface area contributed by atoms with Gasteiger partial charge >= 0.3 is 0 Å². The van der Waals surface area contributed by atoms with Gasteiger partial charge in [-0.2, -0.15) is 0 Å². The predicted octanol–water partition coefficient (Wildman–Crippen LogP) is 2.86. The Kier molecular flexibility index (Phi) is 2.06. The molecule has 3 nitrogen and oxygen atoms in total. The molecule has 1 saturated carbocycles. The first kappa shape index (κ1) is 11.2. The van der Waals surface area contributed by atoms with Crippen molar-refractivity contribution in [3.05, 3.63) is 42.4 Å². The summed E-state index contributed by atoms with van der Waals surface area (Å²) in [7, 11) is 0.